The lowest BCUT2D eigenvalue weighted by molar-refractivity contribution is 0.290. The fraction of sp³-hybridized carbons (Fsp3) is 0.600. The van der Waals surface area contributed by atoms with Crippen LogP contribution in [0.25, 0.3) is 0 Å². The molecule has 0 radical (unpaired) electrons. The molecular formula is C15H25NO. The molecule has 0 aromatic heterocycles. The Morgan fingerprint density at radius 2 is 1.94 bits per heavy atom. The summed E-state index contributed by atoms with van der Waals surface area (Å²) < 4.78 is 5.73. The average molecular weight is 235 g/mol. The molecule has 0 fully saturated rings. The van der Waals surface area contributed by atoms with E-state index in [0.29, 0.717) is 12.5 Å². The van der Waals surface area contributed by atoms with Crippen LogP contribution in [0.3, 0.4) is 0 Å². The lowest BCUT2D eigenvalue weighted by Gasteiger charge is -2.20. The van der Waals surface area contributed by atoms with E-state index in [1.54, 1.807) is 0 Å². The Morgan fingerprint density at radius 3 is 2.53 bits per heavy atom. The van der Waals surface area contributed by atoms with Crippen LogP contribution in [0.15, 0.2) is 24.3 Å². The second kappa shape index (κ2) is 6.06. The van der Waals surface area contributed by atoms with E-state index in [1.165, 1.54) is 5.56 Å². The van der Waals surface area contributed by atoms with Crippen LogP contribution in [0.1, 0.15) is 46.1 Å². The number of hydrogen-bond acceptors (Lipinski definition) is 2. The first kappa shape index (κ1) is 14.0. The minimum Gasteiger partial charge on any atom is -0.492 e. The van der Waals surface area contributed by atoms with Crippen LogP contribution in [-0.4, -0.2) is 18.7 Å². The van der Waals surface area contributed by atoms with Crippen molar-refractivity contribution < 1.29 is 4.74 Å². The van der Waals surface area contributed by atoms with Crippen molar-refractivity contribution in [2.75, 3.05) is 13.2 Å². The maximum atomic E-state index is 5.73. The van der Waals surface area contributed by atoms with Crippen molar-refractivity contribution in [2.24, 2.45) is 0 Å². The molecule has 1 aromatic rings. The summed E-state index contributed by atoms with van der Waals surface area (Å²) in [5.74, 6) is 1.51. The molecular weight excluding hydrogens is 210 g/mol. The molecule has 0 saturated heterocycles. The van der Waals surface area contributed by atoms with Gasteiger partial charge in [-0.25, -0.2) is 0 Å². The molecule has 0 bridgehead atoms. The van der Waals surface area contributed by atoms with E-state index < -0.39 is 0 Å². The number of hydrogen-bond donors (Lipinski definition) is 1. The van der Waals surface area contributed by atoms with E-state index in [4.69, 9.17) is 4.74 Å². The highest BCUT2D eigenvalue weighted by Gasteiger charge is 2.07. The first-order chi connectivity index (χ1) is 7.88. The zero-order valence-corrected chi connectivity index (χ0v) is 11.7. The van der Waals surface area contributed by atoms with Crippen LogP contribution < -0.4 is 10.1 Å². The summed E-state index contributed by atoms with van der Waals surface area (Å²) in [7, 11) is 0. The first-order valence-corrected chi connectivity index (χ1v) is 6.36. The molecule has 1 rings (SSSR count). The van der Waals surface area contributed by atoms with Crippen molar-refractivity contribution in [2.45, 2.75) is 46.1 Å². The van der Waals surface area contributed by atoms with Crippen LogP contribution in [0.2, 0.25) is 0 Å². The van der Waals surface area contributed by atoms with Gasteiger partial charge in [-0.1, -0.05) is 26.0 Å². The smallest absolute Gasteiger partial charge is 0.119 e. The van der Waals surface area contributed by atoms with Crippen molar-refractivity contribution in [3.63, 3.8) is 0 Å². The highest BCUT2D eigenvalue weighted by molar-refractivity contribution is 5.30. The van der Waals surface area contributed by atoms with Gasteiger partial charge in [0, 0.05) is 12.1 Å². The van der Waals surface area contributed by atoms with Gasteiger partial charge in [-0.3, -0.25) is 0 Å². The SMILES string of the molecule is CC(C)c1cccc(OCCNC(C)(C)C)c1. The van der Waals surface area contributed by atoms with Gasteiger partial charge in [0.1, 0.15) is 12.4 Å². The Kier molecular flexibility index (Phi) is 5.01. The molecule has 1 N–H and O–H groups in total. The minimum atomic E-state index is 0.156. The van der Waals surface area contributed by atoms with Crippen LogP contribution in [0.5, 0.6) is 5.75 Å². The van der Waals surface area contributed by atoms with Crippen molar-refractivity contribution in [1.29, 1.82) is 0 Å². The Morgan fingerprint density at radius 1 is 1.24 bits per heavy atom. The summed E-state index contributed by atoms with van der Waals surface area (Å²) in [5.41, 5.74) is 1.48. The lowest BCUT2D eigenvalue weighted by atomic mass is 10.0. The standard InChI is InChI=1S/C15H25NO/c1-12(2)13-7-6-8-14(11-13)17-10-9-16-15(3,4)5/h6-8,11-12,16H,9-10H2,1-5H3. The third-order valence-electron chi connectivity index (χ3n) is 2.55. The molecule has 2 nitrogen and oxygen atoms in total. The van der Waals surface area contributed by atoms with E-state index in [0.717, 1.165) is 12.3 Å². The van der Waals surface area contributed by atoms with Crippen molar-refractivity contribution in [1.82, 2.24) is 5.32 Å². The molecule has 0 saturated carbocycles. The van der Waals surface area contributed by atoms with E-state index >= 15 is 0 Å². The maximum absolute atomic E-state index is 5.73. The quantitative estimate of drug-likeness (QED) is 0.788. The molecule has 0 unspecified atom stereocenters. The summed E-state index contributed by atoms with van der Waals surface area (Å²) >= 11 is 0. The minimum absolute atomic E-state index is 0.156. The second-order valence-corrected chi connectivity index (χ2v) is 5.75. The molecule has 96 valence electrons. The molecule has 1 aromatic carbocycles. The fourth-order valence-electron chi connectivity index (χ4n) is 1.56. The molecule has 0 aliphatic rings. The van der Waals surface area contributed by atoms with E-state index in [-0.39, 0.29) is 5.54 Å². The lowest BCUT2D eigenvalue weighted by Crippen LogP contribution is -2.38. The van der Waals surface area contributed by atoms with Crippen LogP contribution in [0, 0.1) is 0 Å². The van der Waals surface area contributed by atoms with Gasteiger partial charge in [-0.2, -0.15) is 0 Å². The Labute approximate surface area is 105 Å². The van der Waals surface area contributed by atoms with Gasteiger partial charge in [0.05, 0.1) is 0 Å². The summed E-state index contributed by atoms with van der Waals surface area (Å²) in [6.45, 7) is 12.4. The number of benzene rings is 1. The molecule has 0 atom stereocenters. The molecule has 0 spiro atoms. The fourth-order valence-corrected chi connectivity index (χ4v) is 1.56. The molecule has 0 aliphatic heterocycles. The zero-order valence-electron chi connectivity index (χ0n) is 11.7. The van der Waals surface area contributed by atoms with E-state index in [2.05, 4.69) is 58.1 Å². The zero-order chi connectivity index (χ0) is 12.9. The third kappa shape index (κ3) is 5.73. The molecule has 0 amide bonds. The predicted octanol–water partition coefficient (Wildman–Crippen LogP) is 3.58. The van der Waals surface area contributed by atoms with Crippen molar-refractivity contribution in [3.05, 3.63) is 29.8 Å². The number of ether oxygens (including phenoxy) is 1. The predicted molar refractivity (Wildman–Crippen MR) is 73.8 cm³/mol. The van der Waals surface area contributed by atoms with Crippen molar-refractivity contribution >= 4 is 0 Å². The summed E-state index contributed by atoms with van der Waals surface area (Å²) in [6.07, 6.45) is 0. The van der Waals surface area contributed by atoms with Gasteiger partial charge < -0.3 is 10.1 Å². The van der Waals surface area contributed by atoms with E-state index in [9.17, 15) is 0 Å². The first-order valence-electron chi connectivity index (χ1n) is 6.36. The Hall–Kier alpha value is -1.02. The highest BCUT2D eigenvalue weighted by atomic mass is 16.5. The van der Waals surface area contributed by atoms with Crippen LogP contribution in [0.4, 0.5) is 0 Å². The third-order valence-corrected chi connectivity index (χ3v) is 2.55. The monoisotopic (exact) mass is 235 g/mol. The summed E-state index contributed by atoms with van der Waals surface area (Å²) in [5, 5.41) is 3.40. The Balaban J connectivity index is 2.39. The molecule has 0 aliphatic carbocycles. The second-order valence-electron chi connectivity index (χ2n) is 5.75. The van der Waals surface area contributed by atoms with Gasteiger partial charge in [0.2, 0.25) is 0 Å². The van der Waals surface area contributed by atoms with E-state index in [1.807, 2.05) is 6.07 Å². The topological polar surface area (TPSA) is 21.3 Å². The number of nitrogens with one attached hydrogen (secondary N) is 1. The molecule has 0 heterocycles. The normalized spacial score (nSPS) is 11.9. The van der Waals surface area contributed by atoms with Crippen molar-refractivity contribution in [3.8, 4) is 5.75 Å². The Bertz CT molecular complexity index is 339. The van der Waals surface area contributed by atoms with Crippen LogP contribution >= 0.6 is 0 Å². The van der Waals surface area contributed by atoms with Gasteiger partial charge >= 0.3 is 0 Å². The average Bonchev–Trinajstić information content (AvgIpc) is 2.23. The van der Waals surface area contributed by atoms with Gasteiger partial charge in [-0.15, -0.1) is 0 Å². The van der Waals surface area contributed by atoms with Crippen LogP contribution in [-0.2, 0) is 0 Å². The molecule has 2 heteroatoms. The van der Waals surface area contributed by atoms with Gasteiger partial charge in [0.25, 0.3) is 0 Å². The summed E-state index contributed by atoms with van der Waals surface area (Å²) in [6, 6.07) is 8.34. The maximum Gasteiger partial charge on any atom is 0.119 e. The van der Waals surface area contributed by atoms with Gasteiger partial charge in [-0.05, 0) is 44.4 Å². The largest absolute Gasteiger partial charge is 0.492 e. The highest BCUT2D eigenvalue weighted by Crippen LogP contribution is 2.19. The summed E-state index contributed by atoms with van der Waals surface area (Å²) in [4.78, 5) is 0. The van der Waals surface area contributed by atoms with Gasteiger partial charge in [0.15, 0.2) is 0 Å². The molecule has 17 heavy (non-hydrogen) atoms. The number of rotatable bonds is 5.